The van der Waals surface area contributed by atoms with Crippen molar-refractivity contribution < 1.29 is 0 Å². The second-order valence-corrected chi connectivity index (χ2v) is 4.46. The Kier molecular flexibility index (Phi) is 3.22. The molecule has 0 amide bonds. The van der Waals surface area contributed by atoms with Gasteiger partial charge in [-0.25, -0.2) is 15.8 Å². The van der Waals surface area contributed by atoms with Crippen molar-refractivity contribution in [3.8, 4) is 0 Å². The number of hydrogen-bond donors (Lipinski definition) is 3. The van der Waals surface area contributed by atoms with Gasteiger partial charge in [-0.2, -0.15) is 0 Å². The lowest BCUT2D eigenvalue weighted by Crippen LogP contribution is -2.11. The van der Waals surface area contributed by atoms with Gasteiger partial charge in [0.1, 0.15) is 0 Å². The molecule has 4 N–H and O–H groups in total. The lowest BCUT2D eigenvalue weighted by atomic mass is 10.1. The smallest absolute Gasteiger partial charge is 0.180 e. The Morgan fingerprint density at radius 1 is 1.35 bits per heavy atom. The zero-order valence-electron chi connectivity index (χ0n) is 11.2. The molecule has 0 fully saturated rings. The van der Waals surface area contributed by atoms with Gasteiger partial charge in [-0.1, -0.05) is 19.1 Å². The number of nitrogen functional groups attached to an aromatic ring is 1. The Balaban J connectivity index is 2.02. The summed E-state index contributed by atoms with van der Waals surface area (Å²) in [7, 11) is 0. The molecule has 0 bridgehead atoms. The summed E-state index contributed by atoms with van der Waals surface area (Å²) in [5, 5.41) is 3.29. The van der Waals surface area contributed by atoms with Crippen molar-refractivity contribution in [2.75, 3.05) is 10.7 Å². The van der Waals surface area contributed by atoms with Gasteiger partial charge >= 0.3 is 0 Å². The number of hydrazine groups is 1. The molecule has 0 spiro atoms. The molecule has 20 heavy (non-hydrogen) atoms. The molecule has 6 nitrogen and oxygen atoms in total. The van der Waals surface area contributed by atoms with E-state index in [0.29, 0.717) is 11.6 Å². The number of nitrogens with two attached hydrogens (primary N) is 1. The highest BCUT2D eigenvalue weighted by Crippen LogP contribution is 2.21. The Labute approximate surface area is 116 Å². The van der Waals surface area contributed by atoms with Gasteiger partial charge in [0.2, 0.25) is 0 Å². The van der Waals surface area contributed by atoms with Crippen LogP contribution in [0.1, 0.15) is 12.5 Å². The summed E-state index contributed by atoms with van der Waals surface area (Å²) in [4.78, 5) is 8.71. The van der Waals surface area contributed by atoms with Crippen LogP contribution in [0.5, 0.6) is 0 Å². The number of aromatic nitrogens is 3. The normalized spacial score (nSPS) is 10.7. The van der Waals surface area contributed by atoms with E-state index in [1.807, 2.05) is 22.7 Å². The van der Waals surface area contributed by atoms with Crippen LogP contribution >= 0.6 is 0 Å². The zero-order valence-corrected chi connectivity index (χ0v) is 11.2. The summed E-state index contributed by atoms with van der Waals surface area (Å²) < 4.78 is 1.87. The Hall–Kier alpha value is -2.60. The number of fused-ring (bicyclic) bond motifs is 1. The third-order valence-electron chi connectivity index (χ3n) is 3.12. The second kappa shape index (κ2) is 5.18. The maximum Gasteiger partial charge on any atom is 0.180 e. The average molecular weight is 268 g/mol. The first-order valence-electron chi connectivity index (χ1n) is 6.46. The van der Waals surface area contributed by atoms with E-state index in [0.717, 1.165) is 17.8 Å². The number of benzene rings is 1. The third kappa shape index (κ3) is 2.28. The van der Waals surface area contributed by atoms with Gasteiger partial charge < -0.3 is 15.1 Å². The van der Waals surface area contributed by atoms with Gasteiger partial charge in [-0.3, -0.25) is 0 Å². The van der Waals surface area contributed by atoms with Crippen LogP contribution in [0.3, 0.4) is 0 Å². The number of nitrogens with one attached hydrogen (secondary N) is 2. The van der Waals surface area contributed by atoms with Gasteiger partial charge in [0.05, 0.1) is 6.20 Å². The maximum absolute atomic E-state index is 5.44. The fourth-order valence-electron chi connectivity index (χ4n) is 2.09. The lowest BCUT2D eigenvalue weighted by molar-refractivity contribution is 1.10. The molecule has 3 aromatic rings. The lowest BCUT2D eigenvalue weighted by Gasteiger charge is -2.10. The van der Waals surface area contributed by atoms with E-state index in [1.54, 1.807) is 12.4 Å². The van der Waals surface area contributed by atoms with Crippen LogP contribution in [0.4, 0.5) is 17.3 Å². The molecule has 0 unspecified atom stereocenters. The number of imidazole rings is 1. The highest BCUT2D eigenvalue weighted by atomic mass is 15.3. The minimum atomic E-state index is 0.574. The molecule has 1 aromatic carbocycles. The van der Waals surface area contributed by atoms with E-state index in [-0.39, 0.29) is 0 Å². The standard InChI is InChI=1S/C14H16N6/c1-2-10-4-3-5-11(8-10)17-13-14-16-6-7-20(14)9-12(18-13)19-15/h3-9,19H,2,15H2,1H3,(H,17,18). The predicted molar refractivity (Wildman–Crippen MR) is 79.9 cm³/mol. The molecule has 3 rings (SSSR count). The van der Waals surface area contributed by atoms with Gasteiger partial charge in [0, 0.05) is 18.1 Å². The highest BCUT2D eigenvalue weighted by Gasteiger charge is 2.07. The van der Waals surface area contributed by atoms with Crippen LogP contribution in [0.15, 0.2) is 42.9 Å². The van der Waals surface area contributed by atoms with Crippen LogP contribution in [-0.4, -0.2) is 14.4 Å². The number of rotatable bonds is 4. The van der Waals surface area contributed by atoms with Gasteiger partial charge in [-0.15, -0.1) is 0 Å². The Morgan fingerprint density at radius 3 is 3.05 bits per heavy atom. The summed E-state index contributed by atoms with van der Waals surface area (Å²) in [5.41, 5.74) is 5.56. The second-order valence-electron chi connectivity index (χ2n) is 4.46. The van der Waals surface area contributed by atoms with Crippen molar-refractivity contribution in [1.29, 1.82) is 0 Å². The summed E-state index contributed by atoms with van der Waals surface area (Å²) >= 11 is 0. The number of nitrogens with zero attached hydrogens (tertiary/aromatic N) is 3. The quantitative estimate of drug-likeness (QED) is 0.500. The molecule has 2 aromatic heterocycles. The highest BCUT2D eigenvalue weighted by molar-refractivity contribution is 5.71. The van der Waals surface area contributed by atoms with Crippen LogP contribution in [0.2, 0.25) is 0 Å². The topological polar surface area (TPSA) is 80.3 Å². The van der Waals surface area contributed by atoms with Crippen molar-refractivity contribution in [3.05, 3.63) is 48.4 Å². The molecule has 0 saturated heterocycles. The minimum absolute atomic E-state index is 0.574. The van der Waals surface area contributed by atoms with E-state index < -0.39 is 0 Å². The van der Waals surface area contributed by atoms with E-state index in [1.165, 1.54) is 5.56 Å². The molecule has 102 valence electrons. The predicted octanol–water partition coefficient (Wildman–Crippen LogP) is 2.32. The van der Waals surface area contributed by atoms with E-state index in [4.69, 9.17) is 5.84 Å². The van der Waals surface area contributed by atoms with Crippen LogP contribution in [-0.2, 0) is 6.42 Å². The number of hydrogen-bond acceptors (Lipinski definition) is 5. The summed E-state index contributed by atoms with van der Waals surface area (Å²) in [5.74, 6) is 6.68. The fourth-order valence-corrected chi connectivity index (χ4v) is 2.09. The van der Waals surface area contributed by atoms with E-state index >= 15 is 0 Å². The molecule has 0 aliphatic carbocycles. The van der Waals surface area contributed by atoms with Crippen LogP contribution < -0.4 is 16.6 Å². The number of anilines is 3. The molecular formula is C14H16N6. The van der Waals surface area contributed by atoms with Crippen LogP contribution in [0, 0.1) is 0 Å². The minimum Gasteiger partial charge on any atom is -0.337 e. The van der Waals surface area contributed by atoms with Gasteiger partial charge in [0.15, 0.2) is 17.3 Å². The van der Waals surface area contributed by atoms with Crippen molar-refractivity contribution >= 4 is 23.0 Å². The monoisotopic (exact) mass is 268 g/mol. The summed E-state index contributed by atoms with van der Waals surface area (Å²) in [6.45, 7) is 2.13. The number of aryl methyl sites for hydroxylation is 1. The largest absolute Gasteiger partial charge is 0.337 e. The fraction of sp³-hybridized carbons (Fsp3) is 0.143. The molecule has 0 aliphatic rings. The van der Waals surface area contributed by atoms with E-state index in [2.05, 4.69) is 39.8 Å². The summed E-state index contributed by atoms with van der Waals surface area (Å²) in [6.07, 6.45) is 6.36. The van der Waals surface area contributed by atoms with Crippen molar-refractivity contribution in [2.24, 2.45) is 5.84 Å². The molecule has 0 saturated carbocycles. The molecule has 6 heteroatoms. The Bertz CT molecular complexity index is 733. The SMILES string of the molecule is CCc1cccc(Nc2nc(NN)cn3ccnc23)c1. The first kappa shape index (κ1) is 12.4. The van der Waals surface area contributed by atoms with Gasteiger partial charge in [0.25, 0.3) is 0 Å². The van der Waals surface area contributed by atoms with Crippen LogP contribution in [0.25, 0.3) is 5.65 Å². The van der Waals surface area contributed by atoms with Crippen molar-refractivity contribution in [2.45, 2.75) is 13.3 Å². The van der Waals surface area contributed by atoms with E-state index in [9.17, 15) is 0 Å². The first-order chi connectivity index (χ1) is 9.80. The Morgan fingerprint density at radius 2 is 2.25 bits per heavy atom. The molecular weight excluding hydrogens is 252 g/mol. The third-order valence-corrected chi connectivity index (χ3v) is 3.12. The average Bonchev–Trinajstić information content (AvgIpc) is 2.96. The van der Waals surface area contributed by atoms with Gasteiger partial charge in [-0.05, 0) is 24.1 Å². The molecule has 2 heterocycles. The first-order valence-corrected chi connectivity index (χ1v) is 6.46. The maximum atomic E-state index is 5.44. The molecule has 0 aliphatic heterocycles. The molecule has 0 radical (unpaired) electrons. The summed E-state index contributed by atoms with van der Waals surface area (Å²) in [6, 6.07) is 8.23. The van der Waals surface area contributed by atoms with Crippen molar-refractivity contribution in [1.82, 2.24) is 14.4 Å². The zero-order chi connectivity index (χ0) is 13.9. The van der Waals surface area contributed by atoms with Crippen molar-refractivity contribution in [3.63, 3.8) is 0 Å². The molecule has 0 atom stereocenters.